The molecule has 1 atom stereocenters. The Balaban J connectivity index is 1.86. The van der Waals surface area contributed by atoms with E-state index in [4.69, 9.17) is 16.3 Å². The van der Waals surface area contributed by atoms with E-state index < -0.39 is 25.9 Å². The summed E-state index contributed by atoms with van der Waals surface area (Å²) in [5.41, 5.74) is 0.873. The number of benzene rings is 2. The topological polar surface area (TPSA) is 119 Å². The number of carbonyl (C=O) groups excluding carboxylic acids is 1. The largest absolute Gasteiger partial charge is 0.482 e. The Kier molecular flexibility index (Phi) is 5.41. The fraction of sp³-hybridized carbons (Fsp3) is 0.235. The molecular formula is C17H17ClN2O6S2. The molecule has 0 aliphatic carbocycles. The second-order valence-electron chi connectivity index (χ2n) is 6.30. The minimum absolute atomic E-state index is 0.0725. The number of nitrogens with one attached hydrogen (secondary N) is 2. The first-order valence-corrected chi connectivity index (χ1v) is 11.8. The van der Waals surface area contributed by atoms with Crippen LogP contribution in [-0.2, 0) is 24.7 Å². The van der Waals surface area contributed by atoms with Crippen LogP contribution in [0.15, 0.2) is 46.2 Å². The van der Waals surface area contributed by atoms with Crippen molar-refractivity contribution in [3.8, 4) is 5.75 Å². The van der Waals surface area contributed by atoms with Crippen LogP contribution in [0.25, 0.3) is 0 Å². The molecule has 1 unspecified atom stereocenters. The highest BCUT2D eigenvalue weighted by atomic mass is 35.5. The highest BCUT2D eigenvalue weighted by molar-refractivity contribution is 7.90. The van der Waals surface area contributed by atoms with Gasteiger partial charge in [0.05, 0.1) is 15.6 Å². The lowest BCUT2D eigenvalue weighted by Gasteiger charge is -2.20. The fourth-order valence-corrected chi connectivity index (χ4v) is 5.06. The van der Waals surface area contributed by atoms with Crippen LogP contribution in [0.2, 0.25) is 5.02 Å². The van der Waals surface area contributed by atoms with E-state index in [0.717, 1.165) is 6.26 Å². The number of anilines is 1. The molecule has 2 N–H and O–H groups in total. The van der Waals surface area contributed by atoms with Crippen LogP contribution in [-0.4, -0.2) is 35.6 Å². The highest BCUT2D eigenvalue weighted by Crippen LogP contribution is 2.36. The zero-order valence-corrected chi connectivity index (χ0v) is 17.3. The molecule has 0 bridgehead atoms. The van der Waals surface area contributed by atoms with Gasteiger partial charge in [-0.25, -0.2) is 21.6 Å². The zero-order valence-electron chi connectivity index (χ0n) is 14.9. The lowest BCUT2D eigenvalue weighted by molar-refractivity contribution is -0.118. The number of sulfone groups is 1. The minimum atomic E-state index is -4.02. The molecule has 1 heterocycles. The number of ether oxygens (including phenoxy) is 1. The van der Waals surface area contributed by atoms with Gasteiger partial charge in [-0.15, -0.1) is 0 Å². The summed E-state index contributed by atoms with van der Waals surface area (Å²) < 4.78 is 56.4. The van der Waals surface area contributed by atoms with E-state index in [0.29, 0.717) is 11.3 Å². The van der Waals surface area contributed by atoms with Crippen LogP contribution in [0.3, 0.4) is 0 Å². The average Bonchev–Trinajstić information content (AvgIpc) is 2.59. The Labute approximate surface area is 167 Å². The summed E-state index contributed by atoms with van der Waals surface area (Å²) in [7, 11) is -7.36. The molecule has 0 fully saturated rings. The van der Waals surface area contributed by atoms with Crippen molar-refractivity contribution in [2.75, 3.05) is 18.2 Å². The molecule has 1 aliphatic rings. The summed E-state index contributed by atoms with van der Waals surface area (Å²) in [4.78, 5) is 11.3. The summed E-state index contributed by atoms with van der Waals surface area (Å²) in [6, 6.07) is 7.82. The first-order chi connectivity index (χ1) is 13.0. The lowest BCUT2D eigenvalue weighted by Crippen LogP contribution is -2.28. The van der Waals surface area contributed by atoms with Crippen molar-refractivity contribution in [1.29, 1.82) is 0 Å². The summed E-state index contributed by atoms with van der Waals surface area (Å²) in [6.07, 6.45) is 1.09. The van der Waals surface area contributed by atoms with Crippen LogP contribution >= 0.6 is 11.6 Å². The quantitative estimate of drug-likeness (QED) is 0.729. The van der Waals surface area contributed by atoms with Crippen molar-refractivity contribution in [2.45, 2.75) is 22.8 Å². The number of carbonyl (C=O) groups is 1. The van der Waals surface area contributed by atoms with Crippen LogP contribution < -0.4 is 14.8 Å². The third-order valence-electron chi connectivity index (χ3n) is 4.10. The maximum absolute atomic E-state index is 12.8. The van der Waals surface area contributed by atoms with Crippen LogP contribution in [0.1, 0.15) is 18.5 Å². The predicted molar refractivity (Wildman–Crippen MR) is 104 cm³/mol. The molecule has 1 amide bonds. The van der Waals surface area contributed by atoms with Crippen molar-refractivity contribution < 1.29 is 26.4 Å². The van der Waals surface area contributed by atoms with E-state index in [-0.39, 0.29) is 33.1 Å². The second-order valence-corrected chi connectivity index (χ2v) is 10.4. The maximum atomic E-state index is 12.8. The molecule has 0 saturated heterocycles. The van der Waals surface area contributed by atoms with Crippen LogP contribution in [0.5, 0.6) is 5.75 Å². The van der Waals surface area contributed by atoms with E-state index in [2.05, 4.69) is 10.0 Å². The molecule has 3 rings (SSSR count). The Bertz CT molecular complexity index is 1140. The van der Waals surface area contributed by atoms with Gasteiger partial charge in [0.25, 0.3) is 5.91 Å². The van der Waals surface area contributed by atoms with Gasteiger partial charge in [-0.2, -0.15) is 0 Å². The monoisotopic (exact) mass is 444 g/mol. The van der Waals surface area contributed by atoms with Gasteiger partial charge >= 0.3 is 0 Å². The first-order valence-electron chi connectivity index (χ1n) is 8.06. The molecule has 0 radical (unpaired) electrons. The SMILES string of the molecule is CC(NS(=O)(=O)c1cc2c(cc1Cl)NC(=O)CO2)c1ccc(S(C)(=O)=O)cc1. The third kappa shape index (κ3) is 4.30. The predicted octanol–water partition coefficient (Wildman–Crippen LogP) is 2.11. The van der Waals surface area contributed by atoms with Crippen molar-refractivity contribution in [3.63, 3.8) is 0 Å². The zero-order chi connectivity index (χ0) is 20.7. The van der Waals surface area contributed by atoms with Gasteiger partial charge < -0.3 is 10.1 Å². The van der Waals surface area contributed by atoms with E-state index in [1.807, 2.05) is 0 Å². The van der Waals surface area contributed by atoms with E-state index >= 15 is 0 Å². The van der Waals surface area contributed by atoms with Crippen LogP contribution in [0, 0.1) is 0 Å². The number of amides is 1. The Hall–Kier alpha value is -2.14. The molecule has 150 valence electrons. The Morgan fingerprint density at radius 1 is 1.14 bits per heavy atom. The molecular weight excluding hydrogens is 428 g/mol. The van der Waals surface area contributed by atoms with Gasteiger partial charge in [0.1, 0.15) is 10.6 Å². The first kappa shape index (κ1) is 20.6. The number of halogens is 1. The number of sulfonamides is 1. The number of rotatable bonds is 5. The lowest BCUT2D eigenvalue weighted by atomic mass is 10.1. The van der Waals surface area contributed by atoms with E-state index in [1.165, 1.54) is 36.4 Å². The average molecular weight is 445 g/mol. The normalized spacial score (nSPS) is 15.3. The molecule has 0 saturated carbocycles. The van der Waals surface area contributed by atoms with Crippen LogP contribution in [0.4, 0.5) is 5.69 Å². The van der Waals surface area contributed by atoms with Crippen molar-refractivity contribution >= 4 is 43.1 Å². The van der Waals surface area contributed by atoms with Gasteiger partial charge in [-0.05, 0) is 30.7 Å². The van der Waals surface area contributed by atoms with Gasteiger partial charge in [0, 0.05) is 18.4 Å². The van der Waals surface area contributed by atoms with Crippen molar-refractivity contribution in [1.82, 2.24) is 4.72 Å². The smallest absolute Gasteiger partial charge is 0.262 e. The molecule has 2 aromatic carbocycles. The fourth-order valence-electron chi connectivity index (χ4n) is 2.66. The Morgan fingerprint density at radius 3 is 2.39 bits per heavy atom. The standard InChI is InChI=1S/C17H17ClN2O6S2/c1-10(11-3-5-12(6-4-11)27(2,22)23)20-28(24,25)16-8-15-14(7-13(16)18)19-17(21)9-26-15/h3-8,10,20H,9H2,1-2H3,(H,19,21). The van der Waals surface area contributed by atoms with Crippen molar-refractivity contribution in [2.24, 2.45) is 0 Å². The van der Waals surface area contributed by atoms with Gasteiger partial charge in [0.15, 0.2) is 16.4 Å². The molecule has 0 spiro atoms. The van der Waals surface area contributed by atoms with Gasteiger partial charge in [0.2, 0.25) is 10.0 Å². The summed E-state index contributed by atoms with van der Waals surface area (Å²) in [5, 5.41) is 2.48. The molecule has 2 aromatic rings. The highest BCUT2D eigenvalue weighted by Gasteiger charge is 2.26. The second kappa shape index (κ2) is 7.36. The molecule has 28 heavy (non-hydrogen) atoms. The number of hydrogen-bond donors (Lipinski definition) is 2. The summed E-state index contributed by atoms with van der Waals surface area (Å²) >= 11 is 6.10. The molecule has 11 heteroatoms. The van der Waals surface area contributed by atoms with Crippen molar-refractivity contribution in [3.05, 3.63) is 47.0 Å². The summed E-state index contributed by atoms with van der Waals surface area (Å²) in [5.74, 6) is -0.155. The van der Waals surface area contributed by atoms with E-state index in [1.54, 1.807) is 6.92 Å². The maximum Gasteiger partial charge on any atom is 0.262 e. The number of hydrogen-bond acceptors (Lipinski definition) is 6. The van der Waals surface area contributed by atoms with Gasteiger partial charge in [-0.3, -0.25) is 4.79 Å². The molecule has 8 nitrogen and oxygen atoms in total. The third-order valence-corrected chi connectivity index (χ3v) is 7.23. The Morgan fingerprint density at radius 2 is 1.79 bits per heavy atom. The number of fused-ring (bicyclic) bond motifs is 1. The minimum Gasteiger partial charge on any atom is -0.482 e. The van der Waals surface area contributed by atoms with Gasteiger partial charge in [-0.1, -0.05) is 23.7 Å². The summed E-state index contributed by atoms with van der Waals surface area (Å²) in [6.45, 7) is 1.40. The molecule has 0 aromatic heterocycles. The molecule has 1 aliphatic heterocycles. The van der Waals surface area contributed by atoms with E-state index in [9.17, 15) is 21.6 Å².